The molecule has 1 saturated heterocycles. The molecule has 1 aliphatic heterocycles. The van der Waals surface area contributed by atoms with Crippen LogP contribution in [0.5, 0.6) is 0 Å². The number of carbonyl (C=O) groups is 3. The van der Waals surface area contributed by atoms with Crippen molar-refractivity contribution in [2.75, 3.05) is 4.90 Å². The first-order valence-electron chi connectivity index (χ1n) is 6.76. The summed E-state index contributed by atoms with van der Waals surface area (Å²) in [6.45, 7) is 0. The molecule has 1 aromatic carbocycles. The Morgan fingerprint density at radius 2 is 1.83 bits per heavy atom. The van der Waals surface area contributed by atoms with Crippen LogP contribution in [0, 0.1) is 5.82 Å². The minimum absolute atomic E-state index is 0.208. The zero-order valence-electron chi connectivity index (χ0n) is 12.1. The summed E-state index contributed by atoms with van der Waals surface area (Å²) in [4.78, 5) is 37.1. The number of aryl methyl sites for hydroxylation is 1. The number of halogens is 1. The van der Waals surface area contributed by atoms with E-state index >= 15 is 0 Å². The van der Waals surface area contributed by atoms with Crippen LogP contribution in [-0.2, 0) is 16.6 Å². The molecule has 116 valence electrons. The third-order valence-corrected chi connectivity index (χ3v) is 3.47. The topological polar surface area (TPSA) is 71.4 Å². The van der Waals surface area contributed by atoms with Gasteiger partial charge in [0.1, 0.15) is 11.4 Å². The summed E-state index contributed by atoms with van der Waals surface area (Å²) >= 11 is 0. The van der Waals surface area contributed by atoms with Gasteiger partial charge >= 0.3 is 6.03 Å². The number of barbiturate groups is 1. The second-order valence-corrected chi connectivity index (χ2v) is 4.95. The number of para-hydroxylation sites is 1. The van der Waals surface area contributed by atoms with Gasteiger partial charge in [-0.05, 0) is 30.3 Å². The molecule has 4 amide bonds. The molecule has 2 heterocycles. The van der Waals surface area contributed by atoms with E-state index < -0.39 is 23.7 Å². The number of nitrogens with zero attached hydrogens (tertiary/aromatic N) is 2. The molecule has 7 heteroatoms. The van der Waals surface area contributed by atoms with Crippen LogP contribution in [0.25, 0.3) is 6.08 Å². The third kappa shape index (κ3) is 2.52. The van der Waals surface area contributed by atoms with Crippen molar-refractivity contribution >= 4 is 29.6 Å². The molecule has 1 N–H and O–H groups in total. The lowest BCUT2D eigenvalue weighted by Gasteiger charge is -2.26. The van der Waals surface area contributed by atoms with Crippen molar-refractivity contribution in [1.29, 1.82) is 0 Å². The standard InChI is InChI=1S/C16H12FN3O3/c1-19-8-4-5-10(19)9-11-14(21)18-16(23)20(15(11)22)13-7-3-2-6-12(13)17/h2-9H,1H3,(H,18,21,23)/b11-9+. The Labute approximate surface area is 130 Å². The van der Waals surface area contributed by atoms with Gasteiger partial charge in [-0.15, -0.1) is 0 Å². The Balaban J connectivity index is 2.07. The number of aromatic nitrogens is 1. The van der Waals surface area contributed by atoms with Gasteiger partial charge < -0.3 is 4.57 Å². The van der Waals surface area contributed by atoms with Crippen molar-refractivity contribution in [3.8, 4) is 0 Å². The first-order valence-corrected chi connectivity index (χ1v) is 6.76. The third-order valence-electron chi connectivity index (χ3n) is 3.47. The van der Waals surface area contributed by atoms with Gasteiger partial charge in [0, 0.05) is 18.9 Å². The summed E-state index contributed by atoms with van der Waals surface area (Å²) < 4.78 is 15.6. The van der Waals surface area contributed by atoms with E-state index in [1.54, 1.807) is 29.9 Å². The monoisotopic (exact) mass is 313 g/mol. The number of amides is 4. The molecule has 6 nitrogen and oxygen atoms in total. The van der Waals surface area contributed by atoms with Crippen molar-refractivity contribution in [3.05, 3.63) is 59.7 Å². The maximum absolute atomic E-state index is 13.9. The average Bonchev–Trinajstić information content (AvgIpc) is 2.90. The lowest BCUT2D eigenvalue weighted by atomic mass is 10.1. The summed E-state index contributed by atoms with van der Waals surface area (Å²) in [6, 6.07) is 7.84. The predicted octanol–water partition coefficient (Wildman–Crippen LogP) is 1.83. The fourth-order valence-corrected chi connectivity index (χ4v) is 2.28. The van der Waals surface area contributed by atoms with Crippen molar-refractivity contribution in [1.82, 2.24) is 9.88 Å². The molecule has 0 saturated carbocycles. The Bertz CT molecular complexity index is 854. The molecule has 23 heavy (non-hydrogen) atoms. The highest BCUT2D eigenvalue weighted by Gasteiger charge is 2.38. The Kier molecular flexibility index (Phi) is 3.53. The van der Waals surface area contributed by atoms with Crippen molar-refractivity contribution in [3.63, 3.8) is 0 Å². The molecule has 0 spiro atoms. The molecular weight excluding hydrogens is 301 g/mol. The van der Waals surface area contributed by atoms with E-state index in [1.807, 2.05) is 0 Å². The van der Waals surface area contributed by atoms with Gasteiger partial charge in [0.15, 0.2) is 0 Å². The maximum Gasteiger partial charge on any atom is 0.336 e. The summed E-state index contributed by atoms with van der Waals surface area (Å²) in [6.07, 6.45) is 3.11. The molecule has 0 atom stereocenters. The van der Waals surface area contributed by atoms with Crippen LogP contribution in [0.3, 0.4) is 0 Å². The van der Waals surface area contributed by atoms with E-state index in [-0.39, 0.29) is 11.3 Å². The van der Waals surface area contributed by atoms with Gasteiger partial charge in [-0.25, -0.2) is 14.1 Å². The lowest BCUT2D eigenvalue weighted by molar-refractivity contribution is -0.122. The van der Waals surface area contributed by atoms with E-state index in [9.17, 15) is 18.8 Å². The second kappa shape index (κ2) is 5.53. The van der Waals surface area contributed by atoms with Crippen molar-refractivity contribution < 1.29 is 18.8 Å². The number of rotatable bonds is 2. The van der Waals surface area contributed by atoms with E-state index in [0.717, 1.165) is 6.07 Å². The van der Waals surface area contributed by atoms with E-state index in [2.05, 4.69) is 5.32 Å². The van der Waals surface area contributed by atoms with E-state index in [4.69, 9.17) is 0 Å². The van der Waals surface area contributed by atoms with E-state index in [1.165, 1.54) is 24.3 Å². The summed E-state index contributed by atoms with van der Waals surface area (Å²) in [5.41, 5.74) is 0.154. The maximum atomic E-state index is 13.9. The zero-order valence-corrected chi connectivity index (χ0v) is 12.1. The van der Waals surface area contributed by atoms with Crippen LogP contribution in [-0.4, -0.2) is 22.4 Å². The second-order valence-electron chi connectivity index (χ2n) is 4.95. The molecule has 2 aromatic rings. The van der Waals surface area contributed by atoms with Crippen LogP contribution in [0.1, 0.15) is 5.69 Å². The number of carbonyl (C=O) groups excluding carboxylic acids is 3. The Morgan fingerprint density at radius 3 is 2.48 bits per heavy atom. The molecule has 0 unspecified atom stereocenters. The fourth-order valence-electron chi connectivity index (χ4n) is 2.28. The predicted molar refractivity (Wildman–Crippen MR) is 80.8 cm³/mol. The Hall–Kier alpha value is -3.22. The highest BCUT2D eigenvalue weighted by atomic mass is 19.1. The first-order chi connectivity index (χ1) is 11.0. The SMILES string of the molecule is Cn1cccc1/C=C1\C(=O)NC(=O)N(c2ccccc2F)C1=O. The minimum Gasteiger partial charge on any atom is -0.351 e. The number of anilines is 1. The largest absolute Gasteiger partial charge is 0.351 e. The number of nitrogens with one attached hydrogen (secondary N) is 1. The number of hydrogen-bond acceptors (Lipinski definition) is 3. The van der Waals surface area contributed by atoms with Crippen LogP contribution in [0.2, 0.25) is 0 Å². The number of hydrogen-bond donors (Lipinski definition) is 1. The fraction of sp³-hybridized carbons (Fsp3) is 0.0625. The molecule has 1 aliphatic rings. The summed E-state index contributed by atoms with van der Waals surface area (Å²) in [7, 11) is 1.75. The molecular formula is C16H12FN3O3. The average molecular weight is 313 g/mol. The Morgan fingerprint density at radius 1 is 1.09 bits per heavy atom. The quantitative estimate of drug-likeness (QED) is 0.679. The molecule has 3 rings (SSSR count). The zero-order chi connectivity index (χ0) is 16.6. The van der Waals surface area contributed by atoms with Crippen molar-refractivity contribution in [2.45, 2.75) is 0 Å². The van der Waals surface area contributed by atoms with Gasteiger partial charge in [-0.1, -0.05) is 12.1 Å². The first kappa shape index (κ1) is 14.7. The highest BCUT2D eigenvalue weighted by molar-refractivity contribution is 6.39. The van der Waals surface area contributed by atoms with Crippen LogP contribution in [0.15, 0.2) is 48.2 Å². The van der Waals surface area contributed by atoms with Crippen molar-refractivity contribution in [2.24, 2.45) is 7.05 Å². The number of urea groups is 1. The molecule has 1 aromatic heterocycles. The normalized spacial score (nSPS) is 16.9. The van der Waals surface area contributed by atoms with E-state index in [0.29, 0.717) is 10.6 Å². The molecule has 0 bridgehead atoms. The van der Waals surface area contributed by atoms with Gasteiger partial charge in [0.2, 0.25) is 0 Å². The lowest BCUT2D eigenvalue weighted by Crippen LogP contribution is -2.54. The number of benzene rings is 1. The number of imide groups is 2. The smallest absolute Gasteiger partial charge is 0.336 e. The van der Waals surface area contributed by atoms with Gasteiger partial charge in [-0.3, -0.25) is 14.9 Å². The van der Waals surface area contributed by atoms with Gasteiger partial charge in [0.05, 0.1) is 5.69 Å². The molecule has 0 radical (unpaired) electrons. The molecule has 1 fully saturated rings. The summed E-state index contributed by atoms with van der Waals surface area (Å²) in [5.74, 6) is -2.41. The van der Waals surface area contributed by atoms with Crippen LogP contribution in [0.4, 0.5) is 14.9 Å². The van der Waals surface area contributed by atoms with Gasteiger partial charge in [0.25, 0.3) is 11.8 Å². The minimum atomic E-state index is -0.978. The van der Waals surface area contributed by atoms with Crippen LogP contribution >= 0.6 is 0 Å². The van der Waals surface area contributed by atoms with Crippen LogP contribution < -0.4 is 10.2 Å². The highest BCUT2D eigenvalue weighted by Crippen LogP contribution is 2.24. The van der Waals surface area contributed by atoms with Gasteiger partial charge in [-0.2, -0.15) is 0 Å². The summed E-state index contributed by atoms with van der Waals surface area (Å²) in [5, 5.41) is 2.05. The molecule has 0 aliphatic carbocycles.